The number of aryl methyl sites for hydroxylation is 1. The van der Waals surface area contributed by atoms with Gasteiger partial charge in [0.05, 0.1) is 37.2 Å². The topological polar surface area (TPSA) is 106 Å². The number of carbonyl (C=O) groups excluding carboxylic acids is 1. The number of rotatable bonds is 5. The molecule has 182 valence electrons. The van der Waals surface area contributed by atoms with Crippen LogP contribution in [0.2, 0.25) is 0 Å². The summed E-state index contributed by atoms with van der Waals surface area (Å²) in [5.41, 5.74) is 3.46. The molecule has 1 fully saturated rings. The van der Waals surface area contributed by atoms with E-state index >= 15 is 0 Å². The minimum atomic E-state index is -0.324. The molecule has 10 heteroatoms. The highest BCUT2D eigenvalue weighted by molar-refractivity contribution is 6.13. The van der Waals surface area contributed by atoms with E-state index in [-0.39, 0.29) is 5.91 Å². The fourth-order valence-electron chi connectivity index (χ4n) is 4.75. The fraction of sp³-hybridized carbons (Fsp3) is 0.360. The standard InChI is InChI=1S/C25H29N7O3/c1-14-10-31(11-15(2)26-14)19-8-6-18(22-17(19)7-9-21(30-22)34-4)24(33)28-20-13-32-12-16(3)27-23(32)25(29-20)35-5/h6-9,12-15,26H,10-11H2,1-5H3,(H,28,33)/t14-,15-/m1/s1. The van der Waals surface area contributed by atoms with Gasteiger partial charge in [0.15, 0.2) is 5.82 Å². The van der Waals surface area contributed by atoms with Crippen molar-refractivity contribution in [2.75, 3.05) is 37.5 Å². The van der Waals surface area contributed by atoms with E-state index in [1.54, 1.807) is 17.7 Å². The van der Waals surface area contributed by atoms with Gasteiger partial charge in [0.25, 0.3) is 11.8 Å². The molecule has 4 aromatic rings. The number of ether oxygens (including phenoxy) is 2. The van der Waals surface area contributed by atoms with Crippen LogP contribution in [-0.4, -0.2) is 64.7 Å². The Hall–Kier alpha value is -3.92. The molecule has 1 saturated heterocycles. The van der Waals surface area contributed by atoms with Crippen molar-refractivity contribution in [2.45, 2.75) is 32.9 Å². The summed E-state index contributed by atoms with van der Waals surface area (Å²) < 4.78 is 12.5. The molecular formula is C25H29N7O3. The Labute approximate surface area is 203 Å². The van der Waals surface area contributed by atoms with Gasteiger partial charge in [0.2, 0.25) is 11.5 Å². The molecule has 2 N–H and O–H groups in total. The van der Waals surface area contributed by atoms with E-state index in [1.807, 2.05) is 37.4 Å². The van der Waals surface area contributed by atoms with E-state index in [2.05, 4.69) is 44.3 Å². The molecule has 5 rings (SSSR count). The Bertz CT molecular complexity index is 1410. The maximum atomic E-state index is 13.4. The number of hydrogen-bond acceptors (Lipinski definition) is 8. The average Bonchev–Trinajstić information content (AvgIpc) is 3.21. The molecule has 0 radical (unpaired) electrons. The summed E-state index contributed by atoms with van der Waals surface area (Å²) in [6.07, 6.45) is 3.56. The van der Waals surface area contributed by atoms with Crippen LogP contribution in [-0.2, 0) is 0 Å². The third-order valence-corrected chi connectivity index (χ3v) is 6.12. The van der Waals surface area contributed by atoms with Crippen molar-refractivity contribution < 1.29 is 14.3 Å². The summed E-state index contributed by atoms with van der Waals surface area (Å²) >= 11 is 0. The number of aromatic nitrogens is 4. The van der Waals surface area contributed by atoms with E-state index in [9.17, 15) is 4.79 Å². The summed E-state index contributed by atoms with van der Waals surface area (Å²) in [6.45, 7) is 7.97. The lowest BCUT2D eigenvalue weighted by Crippen LogP contribution is -2.54. The Kier molecular flexibility index (Phi) is 5.89. The first-order valence-electron chi connectivity index (χ1n) is 11.6. The second-order valence-corrected chi connectivity index (χ2v) is 8.96. The lowest BCUT2D eigenvalue weighted by molar-refractivity contribution is 0.102. The van der Waals surface area contributed by atoms with Crippen LogP contribution in [0.25, 0.3) is 16.6 Å². The smallest absolute Gasteiger partial charge is 0.260 e. The molecule has 3 aromatic heterocycles. The van der Waals surface area contributed by atoms with Gasteiger partial charge in [0, 0.05) is 48.5 Å². The molecule has 4 heterocycles. The van der Waals surface area contributed by atoms with E-state index in [0.717, 1.165) is 29.9 Å². The zero-order valence-corrected chi connectivity index (χ0v) is 20.5. The number of pyridine rings is 1. The van der Waals surface area contributed by atoms with E-state index in [1.165, 1.54) is 7.11 Å². The zero-order valence-electron chi connectivity index (χ0n) is 20.5. The van der Waals surface area contributed by atoms with Crippen LogP contribution in [0.5, 0.6) is 11.8 Å². The molecule has 0 bridgehead atoms. The summed E-state index contributed by atoms with van der Waals surface area (Å²) in [5.74, 6) is 0.801. The maximum absolute atomic E-state index is 13.4. The molecule has 0 aliphatic carbocycles. The number of methoxy groups -OCH3 is 2. The first kappa shape index (κ1) is 22.9. The number of imidazole rings is 1. The Morgan fingerprint density at radius 2 is 1.80 bits per heavy atom. The number of hydrogen-bond donors (Lipinski definition) is 2. The van der Waals surface area contributed by atoms with Gasteiger partial charge in [-0.25, -0.2) is 9.97 Å². The van der Waals surface area contributed by atoms with E-state index in [0.29, 0.717) is 46.4 Å². The molecule has 10 nitrogen and oxygen atoms in total. The van der Waals surface area contributed by atoms with Crippen LogP contribution < -0.4 is 25.0 Å². The largest absolute Gasteiger partial charge is 0.481 e. The third-order valence-electron chi connectivity index (χ3n) is 6.12. The van der Waals surface area contributed by atoms with Crippen LogP contribution in [0.15, 0.2) is 36.7 Å². The molecule has 1 aliphatic heterocycles. The van der Waals surface area contributed by atoms with Gasteiger partial charge in [-0.3, -0.25) is 9.20 Å². The highest BCUT2D eigenvalue weighted by Gasteiger charge is 2.24. The molecule has 35 heavy (non-hydrogen) atoms. The van der Waals surface area contributed by atoms with Gasteiger partial charge < -0.3 is 25.0 Å². The Balaban J connectivity index is 1.55. The van der Waals surface area contributed by atoms with Gasteiger partial charge in [-0.15, -0.1) is 0 Å². The normalized spacial score (nSPS) is 18.1. The first-order chi connectivity index (χ1) is 16.9. The van der Waals surface area contributed by atoms with Gasteiger partial charge in [-0.1, -0.05) is 0 Å². The number of nitrogens with one attached hydrogen (secondary N) is 2. The quantitative estimate of drug-likeness (QED) is 0.454. The highest BCUT2D eigenvalue weighted by atomic mass is 16.5. The summed E-state index contributed by atoms with van der Waals surface area (Å²) in [7, 11) is 3.09. The van der Waals surface area contributed by atoms with E-state index < -0.39 is 0 Å². The minimum absolute atomic E-state index is 0.324. The number of piperazine rings is 1. The number of nitrogens with zero attached hydrogens (tertiary/aromatic N) is 5. The zero-order chi connectivity index (χ0) is 24.7. The molecule has 2 atom stereocenters. The molecule has 1 amide bonds. The van der Waals surface area contributed by atoms with Crippen molar-refractivity contribution >= 4 is 34.0 Å². The monoisotopic (exact) mass is 475 g/mol. The van der Waals surface area contributed by atoms with Crippen LogP contribution in [0, 0.1) is 6.92 Å². The maximum Gasteiger partial charge on any atom is 0.260 e. The number of fused-ring (bicyclic) bond motifs is 2. The highest BCUT2D eigenvalue weighted by Crippen LogP contribution is 2.32. The van der Waals surface area contributed by atoms with Gasteiger partial charge in [0.1, 0.15) is 0 Å². The van der Waals surface area contributed by atoms with Crippen molar-refractivity contribution in [3.8, 4) is 11.8 Å². The summed E-state index contributed by atoms with van der Waals surface area (Å²) in [6, 6.07) is 8.30. The van der Waals surface area contributed by atoms with Gasteiger partial charge in [-0.2, -0.15) is 4.98 Å². The first-order valence-corrected chi connectivity index (χ1v) is 11.6. The third kappa shape index (κ3) is 4.32. The van der Waals surface area contributed by atoms with Crippen molar-refractivity contribution in [3.63, 3.8) is 0 Å². The second kappa shape index (κ2) is 9.03. The number of carbonyl (C=O) groups is 1. The summed E-state index contributed by atoms with van der Waals surface area (Å²) in [5, 5.41) is 7.35. The molecule has 1 aromatic carbocycles. The molecule has 0 spiro atoms. The number of benzene rings is 1. The number of amides is 1. The van der Waals surface area contributed by atoms with Crippen LogP contribution >= 0.6 is 0 Å². The lowest BCUT2D eigenvalue weighted by atomic mass is 10.0. The van der Waals surface area contributed by atoms with Crippen molar-refractivity contribution in [1.29, 1.82) is 0 Å². The van der Waals surface area contributed by atoms with Gasteiger partial charge in [-0.05, 0) is 39.0 Å². The molecule has 0 unspecified atom stereocenters. The molecule has 0 saturated carbocycles. The Morgan fingerprint density at radius 3 is 2.51 bits per heavy atom. The predicted octanol–water partition coefficient (Wildman–Crippen LogP) is 3.04. The van der Waals surface area contributed by atoms with Crippen molar-refractivity contribution in [3.05, 3.63) is 47.9 Å². The van der Waals surface area contributed by atoms with Gasteiger partial charge >= 0.3 is 0 Å². The molecular weight excluding hydrogens is 446 g/mol. The summed E-state index contributed by atoms with van der Waals surface area (Å²) in [4.78, 5) is 29.3. The second-order valence-electron chi connectivity index (χ2n) is 8.96. The van der Waals surface area contributed by atoms with Crippen LogP contribution in [0.3, 0.4) is 0 Å². The SMILES string of the molecule is COc1ccc2c(N3C[C@@H](C)N[C@H](C)C3)ccc(C(=O)Nc3cn4cc(C)nc4c(OC)n3)c2n1. The average molecular weight is 476 g/mol. The Morgan fingerprint density at radius 1 is 1.03 bits per heavy atom. The molecule has 1 aliphatic rings. The minimum Gasteiger partial charge on any atom is -0.481 e. The van der Waals surface area contributed by atoms with Crippen molar-refractivity contribution in [2.24, 2.45) is 0 Å². The fourth-order valence-corrected chi connectivity index (χ4v) is 4.75. The predicted molar refractivity (Wildman–Crippen MR) is 135 cm³/mol. The van der Waals surface area contributed by atoms with Crippen LogP contribution in [0.1, 0.15) is 29.9 Å². The van der Waals surface area contributed by atoms with E-state index in [4.69, 9.17) is 9.47 Å². The lowest BCUT2D eigenvalue weighted by Gasteiger charge is -2.38. The number of anilines is 2. The van der Waals surface area contributed by atoms with Crippen LogP contribution in [0.4, 0.5) is 11.5 Å². The van der Waals surface area contributed by atoms with Crippen molar-refractivity contribution in [1.82, 2.24) is 24.7 Å².